The quantitative estimate of drug-likeness (QED) is 0.854. The molecule has 4 heteroatoms. The van der Waals surface area contributed by atoms with E-state index in [4.69, 9.17) is 0 Å². The minimum atomic E-state index is -0.170. The maximum absolute atomic E-state index is 13.5. The highest BCUT2D eigenvalue weighted by atomic mass is 19.1. The van der Waals surface area contributed by atoms with Crippen LogP contribution in [0.5, 0.6) is 0 Å². The Morgan fingerprint density at radius 2 is 1.70 bits per heavy atom. The van der Waals surface area contributed by atoms with Crippen LogP contribution in [-0.4, -0.2) is 38.1 Å². The van der Waals surface area contributed by atoms with Crippen LogP contribution in [0.3, 0.4) is 0 Å². The van der Waals surface area contributed by atoms with Gasteiger partial charge in [-0.25, -0.2) is 4.39 Å². The molecule has 2 aromatic rings. The average molecular weight is 370 g/mol. The lowest BCUT2D eigenvalue weighted by atomic mass is 9.85. The van der Waals surface area contributed by atoms with Crippen molar-refractivity contribution in [2.45, 2.75) is 39.3 Å². The Hall–Kier alpha value is -1.91. The van der Waals surface area contributed by atoms with Gasteiger partial charge < -0.3 is 10.2 Å². The standard InChI is InChI=1S/C23H32FN3/c1-23(2,3)20-12-19(14-22(15-20)27-10-8-25-9-11-27)17-26(4)16-18-6-5-7-21(24)13-18/h5-7,12-15,25H,8-11,16-17H2,1-4H3. The molecule has 0 saturated carbocycles. The van der Waals surface area contributed by atoms with Crippen molar-refractivity contribution < 1.29 is 4.39 Å². The largest absolute Gasteiger partial charge is 0.369 e. The molecule has 1 aliphatic rings. The molecule has 27 heavy (non-hydrogen) atoms. The summed E-state index contributed by atoms with van der Waals surface area (Å²) in [5, 5.41) is 3.43. The second kappa shape index (κ2) is 8.41. The fraction of sp³-hybridized carbons (Fsp3) is 0.478. The van der Waals surface area contributed by atoms with Crippen molar-refractivity contribution in [1.29, 1.82) is 0 Å². The van der Waals surface area contributed by atoms with Crippen LogP contribution in [0, 0.1) is 5.82 Å². The second-order valence-electron chi connectivity index (χ2n) is 8.68. The number of hydrogen-bond donors (Lipinski definition) is 1. The van der Waals surface area contributed by atoms with Gasteiger partial charge >= 0.3 is 0 Å². The summed E-state index contributed by atoms with van der Waals surface area (Å²) < 4.78 is 13.5. The molecule has 0 aromatic heterocycles. The highest BCUT2D eigenvalue weighted by Crippen LogP contribution is 2.29. The van der Waals surface area contributed by atoms with Crippen LogP contribution in [0.15, 0.2) is 42.5 Å². The van der Waals surface area contributed by atoms with Gasteiger partial charge in [0.25, 0.3) is 0 Å². The third kappa shape index (κ3) is 5.53. The molecular formula is C23H32FN3. The van der Waals surface area contributed by atoms with Crippen LogP contribution >= 0.6 is 0 Å². The highest BCUT2D eigenvalue weighted by molar-refractivity contribution is 5.53. The molecule has 1 aliphatic heterocycles. The minimum absolute atomic E-state index is 0.111. The number of halogens is 1. The summed E-state index contributed by atoms with van der Waals surface area (Å²) in [6, 6.07) is 13.9. The van der Waals surface area contributed by atoms with E-state index in [0.717, 1.165) is 44.8 Å². The lowest BCUT2D eigenvalue weighted by Crippen LogP contribution is -2.43. The van der Waals surface area contributed by atoms with Crippen molar-refractivity contribution >= 4 is 5.69 Å². The predicted octanol–water partition coefficient (Wildman–Crippen LogP) is 4.16. The Bertz CT molecular complexity index is 760. The van der Waals surface area contributed by atoms with Crippen LogP contribution < -0.4 is 10.2 Å². The third-order valence-electron chi connectivity index (χ3n) is 5.12. The molecular weight excluding hydrogens is 337 g/mol. The Kier molecular flexibility index (Phi) is 6.18. The van der Waals surface area contributed by atoms with E-state index in [0.29, 0.717) is 0 Å². The van der Waals surface area contributed by atoms with Crippen molar-refractivity contribution in [3.8, 4) is 0 Å². The van der Waals surface area contributed by atoms with Crippen LogP contribution in [-0.2, 0) is 18.5 Å². The van der Waals surface area contributed by atoms with Gasteiger partial charge in [-0.05, 0) is 53.4 Å². The third-order valence-corrected chi connectivity index (χ3v) is 5.12. The van der Waals surface area contributed by atoms with E-state index in [-0.39, 0.29) is 11.2 Å². The van der Waals surface area contributed by atoms with Gasteiger partial charge in [-0.3, -0.25) is 4.90 Å². The van der Waals surface area contributed by atoms with Gasteiger partial charge in [0.05, 0.1) is 0 Å². The molecule has 0 unspecified atom stereocenters. The molecule has 1 heterocycles. The molecule has 0 amide bonds. The van der Waals surface area contributed by atoms with Gasteiger partial charge in [0.2, 0.25) is 0 Å². The summed E-state index contributed by atoms with van der Waals surface area (Å²) in [7, 11) is 2.10. The zero-order valence-electron chi connectivity index (χ0n) is 17.1. The molecule has 0 spiro atoms. The van der Waals surface area contributed by atoms with Gasteiger partial charge in [0, 0.05) is 45.0 Å². The number of piperazine rings is 1. The second-order valence-corrected chi connectivity index (χ2v) is 8.68. The molecule has 146 valence electrons. The van der Waals surface area contributed by atoms with Gasteiger partial charge in [0.1, 0.15) is 5.82 Å². The summed E-state index contributed by atoms with van der Waals surface area (Å²) in [5.41, 5.74) is 5.12. The molecule has 2 aromatic carbocycles. The first-order chi connectivity index (χ1) is 12.8. The smallest absolute Gasteiger partial charge is 0.123 e. The molecule has 0 atom stereocenters. The zero-order chi connectivity index (χ0) is 19.4. The maximum Gasteiger partial charge on any atom is 0.123 e. The summed E-state index contributed by atoms with van der Waals surface area (Å²) >= 11 is 0. The van der Waals surface area contributed by atoms with Crippen molar-refractivity contribution in [2.75, 3.05) is 38.1 Å². The molecule has 0 bridgehead atoms. The van der Waals surface area contributed by atoms with Gasteiger partial charge in [-0.15, -0.1) is 0 Å². The first-order valence-corrected chi connectivity index (χ1v) is 9.84. The Balaban J connectivity index is 1.80. The minimum Gasteiger partial charge on any atom is -0.369 e. The molecule has 1 N–H and O–H groups in total. The number of rotatable bonds is 5. The monoisotopic (exact) mass is 369 g/mol. The van der Waals surface area contributed by atoms with Crippen LogP contribution in [0.2, 0.25) is 0 Å². The lowest BCUT2D eigenvalue weighted by molar-refractivity contribution is 0.318. The van der Waals surface area contributed by atoms with E-state index < -0.39 is 0 Å². The fourth-order valence-corrected chi connectivity index (χ4v) is 3.62. The summed E-state index contributed by atoms with van der Waals surface area (Å²) in [4.78, 5) is 4.72. The number of anilines is 1. The van der Waals surface area contributed by atoms with Crippen LogP contribution in [0.1, 0.15) is 37.5 Å². The lowest BCUT2D eigenvalue weighted by Gasteiger charge is -2.32. The number of hydrogen-bond acceptors (Lipinski definition) is 3. The fourth-order valence-electron chi connectivity index (χ4n) is 3.62. The highest BCUT2D eigenvalue weighted by Gasteiger charge is 2.19. The molecule has 3 nitrogen and oxygen atoms in total. The Labute approximate surface area is 163 Å². The first kappa shape index (κ1) is 19.8. The zero-order valence-corrected chi connectivity index (χ0v) is 17.1. The van der Waals surface area contributed by atoms with Crippen LogP contribution in [0.25, 0.3) is 0 Å². The normalized spacial score (nSPS) is 15.4. The van der Waals surface area contributed by atoms with Crippen LogP contribution in [0.4, 0.5) is 10.1 Å². The van der Waals surface area contributed by atoms with Crippen molar-refractivity contribution in [2.24, 2.45) is 0 Å². The topological polar surface area (TPSA) is 18.5 Å². The average Bonchev–Trinajstić information content (AvgIpc) is 2.61. The van der Waals surface area contributed by atoms with E-state index in [2.05, 4.69) is 61.1 Å². The van der Waals surface area contributed by atoms with Gasteiger partial charge in [0.15, 0.2) is 0 Å². The Morgan fingerprint density at radius 1 is 1.00 bits per heavy atom. The summed E-state index contributed by atoms with van der Waals surface area (Å²) in [5.74, 6) is -0.170. The van der Waals surface area contributed by atoms with E-state index in [9.17, 15) is 4.39 Å². The number of benzene rings is 2. The summed E-state index contributed by atoms with van der Waals surface area (Å²) in [6.45, 7) is 12.6. The van der Waals surface area contributed by atoms with Crippen molar-refractivity contribution in [1.82, 2.24) is 10.2 Å². The van der Waals surface area contributed by atoms with E-state index in [1.807, 2.05) is 6.07 Å². The number of nitrogens with one attached hydrogen (secondary N) is 1. The predicted molar refractivity (Wildman–Crippen MR) is 112 cm³/mol. The van der Waals surface area contributed by atoms with E-state index >= 15 is 0 Å². The van der Waals surface area contributed by atoms with Gasteiger partial charge in [-0.1, -0.05) is 39.0 Å². The molecule has 0 aliphatic carbocycles. The van der Waals surface area contributed by atoms with E-state index in [1.54, 1.807) is 12.1 Å². The SMILES string of the molecule is CN(Cc1cccc(F)c1)Cc1cc(N2CCNCC2)cc(C(C)(C)C)c1. The maximum atomic E-state index is 13.5. The van der Waals surface area contributed by atoms with E-state index in [1.165, 1.54) is 22.9 Å². The molecule has 1 fully saturated rings. The van der Waals surface area contributed by atoms with Crippen molar-refractivity contribution in [3.63, 3.8) is 0 Å². The van der Waals surface area contributed by atoms with Gasteiger partial charge in [-0.2, -0.15) is 0 Å². The molecule has 1 saturated heterocycles. The molecule has 3 rings (SSSR count). The first-order valence-electron chi connectivity index (χ1n) is 9.84. The summed E-state index contributed by atoms with van der Waals surface area (Å²) in [6.07, 6.45) is 0. The Morgan fingerprint density at radius 3 is 2.37 bits per heavy atom. The molecule has 0 radical (unpaired) electrons. The van der Waals surface area contributed by atoms with Crippen molar-refractivity contribution in [3.05, 3.63) is 65.0 Å². The number of nitrogens with zero attached hydrogens (tertiary/aromatic N) is 2.